The van der Waals surface area contributed by atoms with Crippen LogP contribution in [0.2, 0.25) is 0 Å². The molecule has 8 heteroatoms. The van der Waals surface area contributed by atoms with Crippen LogP contribution in [-0.2, 0) is 5.75 Å². The van der Waals surface area contributed by atoms with Crippen LogP contribution in [0.15, 0.2) is 51.7 Å². The van der Waals surface area contributed by atoms with E-state index in [0.29, 0.717) is 22.6 Å². The van der Waals surface area contributed by atoms with Crippen molar-refractivity contribution in [3.05, 3.63) is 48.1 Å². The van der Waals surface area contributed by atoms with Crippen molar-refractivity contribution in [2.45, 2.75) is 10.9 Å². The second-order valence-corrected chi connectivity index (χ2v) is 6.03. The highest BCUT2D eigenvalue weighted by molar-refractivity contribution is 7.98. The summed E-state index contributed by atoms with van der Waals surface area (Å²) >= 11 is 3.10. The van der Waals surface area contributed by atoms with Crippen molar-refractivity contribution in [2.24, 2.45) is 0 Å². The maximum absolute atomic E-state index is 5.72. The van der Waals surface area contributed by atoms with E-state index in [2.05, 4.69) is 20.1 Å². The van der Waals surface area contributed by atoms with Crippen molar-refractivity contribution in [2.75, 3.05) is 0 Å². The van der Waals surface area contributed by atoms with Crippen LogP contribution in [0, 0.1) is 0 Å². The van der Waals surface area contributed by atoms with Gasteiger partial charge in [0.15, 0.2) is 5.76 Å². The van der Waals surface area contributed by atoms with E-state index in [0.717, 1.165) is 10.6 Å². The van der Waals surface area contributed by atoms with Gasteiger partial charge in [-0.25, -0.2) is 14.5 Å². The molecule has 0 bridgehead atoms. The lowest BCUT2D eigenvalue weighted by molar-refractivity contribution is 0.531. The average Bonchev–Trinajstić information content (AvgIpc) is 3.23. The summed E-state index contributed by atoms with van der Waals surface area (Å²) < 4.78 is 7.37. The fourth-order valence-electron chi connectivity index (χ4n) is 1.81. The third kappa shape index (κ3) is 2.55. The molecule has 6 nitrogen and oxygen atoms in total. The molecule has 0 spiro atoms. The smallest absolute Gasteiger partial charge is 0.253 e. The molecule has 0 saturated carbocycles. The van der Waals surface area contributed by atoms with Crippen LogP contribution in [0.4, 0.5) is 0 Å². The van der Waals surface area contributed by atoms with Crippen LogP contribution in [0.1, 0.15) is 5.89 Å². The summed E-state index contributed by atoms with van der Waals surface area (Å²) in [7, 11) is 0. The first-order valence-electron chi connectivity index (χ1n) is 6.17. The summed E-state index contributed by atoms with van der Waals surface area (Å²) in [4.78, 5) is 13.8. The summed E-state index contributed by atoms with van der Waals surface area (Å²) in [5.41, 5.74) is 0. The van der Waals surface area contributed by atoms with Gasteiger partial charge >= 0.3 is 0 Å². The Hall–Kier alpha value is -2.19. The van der Waals surface area contributed by atoms with Crippen LogP contribution >= 0.6 is 23.1 Å². The Labute approximate surface area is 127 Å². The number of thiophene rings is 1. The molecule has 0 saturated heterocycles. The van der Waals surface area contributed by atoms with Gasteiger partial charge in [-0.15, -0.1) is 16.4 Å². The van der Waals surface area contributed by atoms with Gasteiger partial charge in [0, 0.05) is 12.4 Å². The van der Waals surface area contributed by atoms with Gasteiger partial charge in [0.2, 0.25) is 11.0 Å². The number of nitrogens with zero attached hydrogens (tertiary/aromatic N) is 5. The lowest BCUT2D eigenvalue weighted by Gasteiger charge is -1.91. The Balaban J connectivity index is 1.49. The summed E-state index contributed by atoms with van der Waals surface area (Å²) in [6, 6.07) is 5.82. The zero-order chi connectivity index (χ0) is 14.1. The van der Waals surface area contributed by atoms with E-state index in [1.807, 2.05) is 29.8 Å². The molecule has 0 N–H and O–H groups in total. The molecular weight excluding hydrogens is 306 g/mol. The van der Waals surface area contributed by atoms with Gasteiger partial charge in [0.1, 0.15) is 0 Å². The van der Waals surface area contributed by atoms with E-state index < -0.39 is 0 Å². The Morgan fingerprint density at radius 3 is 3.14 bits per heavy atom. The molecule has 104 valence electrons. The molecule has 0 amide bonds. The highest BCUT2D eigenvalue weighted by Gasteiger charge is 2.10. The SMILES string of the molecule is c1csc(-c2cnc(CSc3nc4ncccn4n3)o2)c1. The lowest BCUT2D eigenvalue weighted by atomic mass is 10.4. The highest BCUT2D eigenvalue weighted by Crippen LogP contribution is 2.27. The third-order valence-electron chi connectivity index (χ3n) is 2.74. The summed E-state index contributed by atoms with van der Waals surface area (Å²) in [6.07, 6.45) is 5.26. The Kier molecular flexibility index (Phi) is 3.17. The second kappa shape index (κ2) is 5.30. The molecule has 4 aromatic heterocycles. The maximum Gasteiger partial charge on any atom is 0.253 e. The van der Waals surface area contributed by atoms with Crippen LogP contribution < -0.4 is 0 Å². The zero-order valence-corrected chi connectivity index (χ0v) is 12.3. The van der Waals surface area contributed by atoms with E-state index in [1.54, 1.807) is 28.2 Å². The van der Waals surface area contributed by atoms with Crippen molar-refractivity contribution in [3.63, 3.8) is 0 Å². The Morgan fingerprint density at radius 1 is 1.29 bits per heavy atom. The van der Waals surface area contributed by atoms with Crippen molar-refractivity contribution in [1.29, 1.82) is 0 Å². The number of oxazole rings is 1. The predicted octanol–water partition coefficient (Wildman–Crippen LogP) is 3.13. The van der Waals surface area contributed by atoms with Gasteiger partial charge in [0.25, 0.3) is 5.78 Å². The zero-order valence-electron chi connectivity index (χ0n) is 10.7. The third-order valence-corrected chi connectivity index (χ3v) is 4.45. The van der Waals surface area contributed by atoms with E-state index in [4.69, 9.17) is 4.42 Å². The molecule has 0 aliphatic carbocycles. The average molecular weight is 315 g/mol. The number of hydrogen-bond acceptors (Lipinski definition) is 7. The molecular formula is C13H9N5OS2. The Morgan fingerprint density at radius 2 is 2.29 bits per heavy atom. The number of hydrogen-bond donors (Lipinski definition) is 0. The van der Waals surface area contributed by atoms with Crippen molar-refractivity contribution in [3.8, 4) is 10.6 Å². The van der Waals surface area contributed by atoms with E-state index >= 15 is 0 Å². The normalized spacial score (nSPS) is 11.2. The van der Waals surface area contributed by atoms with Crippen molar-refractivity contribution < 1.29 is 4.42 Å². The minimum Gasteiger partial charge on any atom is -0.439 e. The number of rotatable bonds is 4. The predicted molar refractivity (Wildman–Crippen MR) is 80.2 cm³/mol. The first kappa shape index (κ1) is 12.5. The minimum atomic E-state index is 0.586. The van der Waals surface area contributed by atoms with Crippen LogP contribution in [0.5, 0.6) is 0 Å². The van der Waals surface area contributed by atoms with Crippen molar-refractivity contribution >= 4 is 28.9 Å². The molecule has 4 rings (SSSR count). The molecule has 4 heterocycles. The number of fused-ring (bicyclic) bond motifs is 1. The monoisotopic (exact) mass is 315 g/mol. The first-order chi connectivity index (χ1) is 10.4. The van der Waals surface area contributed by atoms with Gasteiger partial charge in [0.05, 0.1) is 16.8 Å². The molecule has 0 aromatic carbocycles. The summed E-state index contributed by atoms with van der Waals surface area (Å²) in [5.74, 6) is 2.63. The van der Waals surface area contributed by atoms with Crippen LogP contribution in [0.3, 0.4) is 0 Å². The largest absolute Gasteiger partial charge is 0.439 e. The van der Waals surface area contributed by atoms with Gasteiger partial charge in [-0.1, -0.05) is 17.8 Å². The van der Waals surface area contributed by atoms with E-state index in [-0.39, 0.29) is 0 Å². The first-order valence-corrected chi connectivity index (χ1v) is 8.04. The van der Waals surface area contributed by atoms with E-state index in [9.17, 15) is 0 Å². The number of thioether (sulfide) groups is 1. The fourth-order valence-corrected chi connectivity index (χ4v) is 3.16. The number of aromatic nitrogens is 5. The molecule has 0 atom stereocenters. The molecule has 0 fully saturated rings. The van der Waals surface area contributed by atoms with Gasteiger partial charge in [-0.3, -0.25) is 0 Å². The summed E-state index contributed by atoms with van der Waals surface area (Å²) in [5, 5.41) is 6.99. The lowest BCUT2D eigenvalue weighted by Crippen LogP contribution is -1.87. The van der Waals surface area contributed by atoms with Crippen molar-refractivity contribution in [1.82, 2.24) is 24.6 Å². The molecule has 0 aliphatic heterocycles. The van der Waals surface area contributed by atoms with E-state index in [1.165, 1.54) is 11.8 Å². The Bertz CT molecular complexity index is 835. The van der Waals surface area contributed by atoms with Gasteiger partial charge < -0.3 is 4.42 Å². The second-order valence-electron chi connectivity index (χ2n) is 4.14. The minimum absolute atomic E-state index is 0.586. The van der Waals surface area contributed by atoms with Gasteiger partial charge in [-0.2, -0.15) is 4.98 Å². The van der Waals surface area contributed by atoms with Crippen LogP contribution in [0.25, 0.3) is 16.4 Å². The fraction of sp³-hybridized carbons (Fsp3) is 0.0769. The standard InChI is InChI=1S/C13H9N5OS2/c1-3-10(20-6-1)9-7-15-11(19-9)8-21-13-16-12-14-4-2-5-18(12)17-13/h1-7H,8H2. The van der Waals surface area contributed by atoms with Crippen LogP contribution in [-0.4, -0.2) is 24.6 Å². The molecule has 0 aliphatic rings. The summed E-state index contributed by atoms with van der Waals surface area (Å²) in [6.45, 7) is 0. The van der Waals surface area contributed by atoms with Gasteiger partial charge in [-0.05, 0) is 17.5 Å². The quantitative estimate of drug-likeness (QED) is 0.539. The molecule has 21 heavy (non-hydrogen) atoms. The topological polar surface area (TPSA) is 69.1 Å². The molecule has 0 radical (unpaired) electrons. The molecule has 0 unspecified atom stereocenters. The molecule has 4 aromatic rings. The highest BCUT2D eigenvalue weighted by atomic mass is 32.2. The maximum atomic E-state index is 5.72.